The van der Waals surface area contributed by atoms with Gasteiger partial charge in [-0.05, 0) is 6.42 Å². The minimum atomic E-state index is -0.745. The summed E-state index contributed by atoms with van der Waals surface area (Å²) in [5, 5.41) is 8.54. The summed E-state index contributed by atoms with van der Waals surface area (Å²) in [6.45, 7) is 2.17. The number of alkyl halides is 1. The second-order valence-electron chi connectivity index (χ2n) is 3.01. The molecule has 0 aromatic rings. The van der Waals surface area contributed by atoms with Crippen LogP contribution in [0.25, 0.3) is 0 Å². The summed E-state index contributed by atoms with van der Waals surface area (Å²) >= 11 is 3.11. The first-order valence-electron chi connectivity index (χ1n) is 4.55. The fourth-order valence-electron chi connectivity index (χ4n) is 1.05. The Kier molecular flexibility index (Phi) is 7.56. The third-order valence-electron chi connectivity index (χ3n) is 1.83. The zero-order valence-electron chi connectivity index (χ0n) is 7.55. The molecule has 0 aromatic heterocycles. The van der Waals surface area contributed by atoms with E-state index < -0.39 is 5.97 Å². The summed E-state index contributed by atoms with van der Waals surface area (Å²) in [7, 11) is 0. The number of carbonyl (C=O) groups is 1. The first-order chi connectivity index (χ1) is 5.68. The van der Waals surface area contributed by atoms with Gasteiger partial charge in [-0.1, -0.05) is 55.0 Å². The van der Waals surface area contributed by atoms with E-state index in [1.807, 2.05) is 0 Å². The molecule has 3 heteroatoms. The van der Waals surface area contributed by atoms with E-state index >= 15 is 0 Å². The molecular formula is C9H17BrO2. The van der Waals surface area contributed by atoms with E-state index in [4.69, 9.17) is 5.11 Å². The maximum atomic E-state index is 10.4. The number of hydrogen-bond acceptors (Lipinski definition) is 1. The van der Waals surface area contributed by atoms with Gasteiger partial charge in [0.05, 0.1) is 0 Å². The van der Waals surface area contributed by atoms with Crippen molar-refractivity contribution in [3.63, 3.8) is 0 Å². The van der Waals surface area contributed by atoms with E-state index in [1.165, 1.54) is 19.3 Å². The number of aliphatic carboxylic acids is 1. The van der Waals surface area contributed by atoms with Crippen LogP contribution in [0.5, 0.6) is 0 Å². The molecule has 72 valence electrons. The first-order valence-corrected chi connectivity index (χ1v) is 5.47. The Morgan fingerprint density at radius 3 is 2.42 bits per heavy atom. The van der Waals surface area contributed by atoms with Crippen LogP contribution in [0.2, 0.25) is 0 Å². The summed E-state index contributed by atoms with van der Waals surface area (Å²) in [4.78, 5) is 10.0. The second-order valence-corrected chi connectivity index (χ2v) is 4.11. The highest BCUT2D eigenvalue weighted by molar-refractivity contribution is 9.10. The van der Waals surface area contributed by atoms with Gasteiger partial charge in [0.2, 0.25) is 0 Å². The van der Waals surface area contributed by atoms with Gasteiger partial charge >= 0.3 is 5.97 Å². The number of hydrogen-bond donors (Lipinski definition) is 1. The van der Waals surface area contributed by atoms with Crippen LogP contribution in [-0.4, -0.2) is 15.9 Å². The number of halogens is 1. The summed E-state index contributed by atoms with van der Waals surface area (Å²) in [6, 6.07) is 0. The molecule has 0 aromatic carbocycles. The fourth-order valence-corrected chi connectivity index (χ4v) is 1.37. The predicted molar refractivity (Wildman–Crippen MR) is 53.7 cm³/mol. The van der Waals surface area contributed by atoms with E-state index in [2.05, 4.69) is 22.9 Å². The topological polar surface area (TPSA) is 37.3 Å². The summed E-state index contributed by atoms with van der Waals surface area (Å²) in [6.07, 6.45) is 6.65. The molecule has 0 rings (SSSR count). The van der Waals surface area contributed by atoms with Crippen LogP contribution >= 0.6 is 15.9 Å². The lowest BCUT2D eigenvalue weighted by Gasteiger charge is -2.03. The van der Waals surface area contributed by atoms with E-state index in [1.54, 1.807) is 0 Å². The summed E-state index contributed by atoms with van der Waals surface area (Å²) in [5.74, 6) is -0.745. The van der Waals surface area contributed by atoms with Crippen molar-refractivity contribution in [2.24, 2.45) is 0 Å². The smallest absolute Gasteiger partial charge is 0.317 e. The van der Waals surface area contributed by atoms with Crippen LogP contribution in [0, 0.1) is 0 Å². The van der Waals surface area contributed by atoms with E-state index in [-0.39, 0.29) is 4.83 Å². The molecule has 0 spiro atoms. The molecule has 1 atom stereocenters. The van der Waals surface area contributed by atoms with Gasteiger partial charge in [0.25, 0.3) is 0 Å². The van der Waals surface area contributed by atoms with Crippen molar-refractivity contribution in [3.05, 3.63) is 0 Å². The van der Waals surface area contributed by atoms with Crippen molar-refractivity contribution in [1.82, 2.24) is 0 Å². The maximum absolute atomic E-state index is 10.4. The molecule has 0 heterocycles. The molecule has 0 aliphatic heterocycles. The lowest BCUT2D eigenvalue weighted by Crippen LogP contribution is -2.11. The zero-order chi connectivity index (χ0) is 9.40. The van der Waals surface area contributed by atoms with Crippen LogP contribution in [0.1, 0.15) is 45.4 Å². The molecular weight excluding hydrogens is 220 g/mol. The van der Waals surface area contributed by atoms with Crippen LogP contribution in [0.15, 0.2) is 0 Å². The van der Waals surface area contributed by atoms with Gasteiger partial charge in [0.1, 0.15) is 4.83 Å². The highest BCUT2D eigenvalue weighted by Crippen LogP contribution is 2.12. The number of carboxylic acid groups (broad SMARTS) is 1. The van der Waals surface area contributed by atoms with Gasteiger partial charge < -0.3 is 5.11 Å². The van der Waals surface area contributed by atoms with E-state index in [9.17, 15) is 4.79 Å². The van der Waals surface area contributed by atoms with Crippen LogP contribution in [0.3, 0.4) is 0 Å². The van der Waals surface area contributed by atoms with Gasteiger partial charge in [-0.15, -0.1) is 0 Å². The van der Waals surface area contributed by atoms with Gasteiger partial charge in [0.15, 0.2) is 0 Å². The average molecular weight is 237 g/mol. The molecule has 0 amide bonds. The number of carboxylic acids is 1. The Labute approximate surface area is 82.5 Å². The second kappa shape index (κ2) is 7.59. The maximum Gasteiger partial charge on any atom is 0.317 e. The average Bonchev–Trinajstić information content (AvgIpc) is 2.03. The summed E-state index contributed by atoms with van der Waals surface area (Å²) < 4.78 is 0. The van der Waals surface area contributed by atoms with E-state index in [0.29, 0.717) is 0 Å². The normalized spacial score (nSPS) is 12.8. The number of rotatable bonds is 7. The molecule has 1 N–H and O–H groups in total. The highest BCUT2D eigenvalue weighted by atomic mass is 79.9. The fraction of sp³-hybridized carbons (Fsp3) is 0.889. The van der Waals surface area contributed by atoms with Gasteiger partial charge in [-0.2, -0.15) is 0 Å². The minimum absolute atomic E-state index is 0.348. The largest absolute Gasteiger partial charge is 0.480 e. The lowest BCUT2D eigenvalue weighted by molar-refractivity contribution is -0.136. The third kappa shape index (κ3) is 6.65. The monoisotopic (exact) mass is 236 g/mol. The molecule has 0 radical (unpaired) electrons. The van der Waals surface area contributed by atoms with Gasteiger partial charge in [-0.25, -0.2) is 0 Å². The van der Waals surface area contributed by atoms with Crippen molar-refractivity contribution in [3.8, 4) is 0 Å². The minimum Gasteiger partial charge on any atom is -0.480 e. The SMILES string of the molecule is CCCCCCC[C@@H](Br)C(=O)O. The predicted octanol–water partition coefficient (Wildman–Crippen LogP) is 3.20. The van der Waals surface area contributed by atoms with E-state index in [0.717, 1.165) is 19.3 Å². The van der Waals surface area contributed by atoms with Crippen LogP contribution < -0.4 is 0 Å². The quantitative estimate of drug-likeness (QED) is 0.545. The van der Waals surface area contributed by atoms with Crippen LogP contribution in [0.4, 0.5) is 0 Å². The number of unbranched alkanes of at least 4 members (excludes halogenated alkanes) is 4. The van der Waals surface area contributed by atoms with Gasteiger partial charge in [-0.3, -0.25) is 4.79 Å². The van der Waals surface area contributed by atoms with Gasteiger partial charge in [0, 0.05) is 0 Å². The first kappa shape index (κ1) is 11.9. The molecule has 0 saturated heterocycles. The molecule has 0 unspecified atom stereocenters. The third-order valence-corrected chi connectivity index (χ3v) is 2.68. The molecule has 0 aliphatic rings. The zero-order valence-corrected chi connectivity index (χ0v) is 9.14. The van der Waals surface area contributed by atoms with Crippen molar-refractivity contribution >= 4 is 21.9 Å². The van der Waals surface area contributed by atoms with Crippen molar-refractivity contribution < 1.29 is 9.90 Å². The highest BCUT2D eigenvalue weighted by Gasteiger charge is 2.11. The molecule has 0 aliphatic carbocycles. The standard InChI is InChI=1S/C9H17BrO2/c1-2-3-4-5-6-7-8(10)9(11)12/h8H,2-7H2,1H3,(H,11,12)/t8-/m1/s1. The Morgan fingerprint density at radius 1 is 1.33 bits per heavy atom. The Balaban J connectivity index is 3.14. The van der Waals surface area contributed by atoms with Crippen molar-refractivity contribution in [2.75, 3.05) is 0 Å². The van der Waals surface area contributed by atoms with Crippen LogP contribution in [-0.2, 0) is 4.79 Å². The Hall–Kier alpha value is -0.0500. The van der Waals surface area contributed by atoms with Crippen molar-refractivity contribution in [2.45, 2.75) is 50.3 Å². The Morgan fingerprint density at radius 2 is 1.92 bits per heavy atom. The lowest BCUT2D eigenvalue weighted by atomic mass is 10.1. The molecule has 12 heavy (non-hydrogen) atoms. The molecule has 0 fully saturated rings. The molecule has 2 nitrogen and oxygen atoms in total. The Bertz CT molecular complexity index is 126. The molecule has 0 bridgehead atoms. The summed E-state index contributed by atoms with van der Waals surface area (Å²) in [5.41, 5.74) is 0. The van der Waals surface area contributed by atoms with Crippen molar-refractivity contribution in [1.29, 1.82) is 0 Å². The molecule has 0 saturated carbocycles.